The molecule has 94 valence electrons. The van der Waals surface area contributed by atoms with Crippen LogP contribution in [0.5, 0.6) is 0 Å². The van der Waals surface area contributed by atoms with E-state index in [2.05, 4.69) is 47.8 Å². The highest BCUT2D eigenvalue weighted by atomic mass is 79.9. The lowest BCUT2D eigenvalue weighted by molar-refractivity contribution is 0.213. The number of aliphatic hydroxyl groups excluding tert-OH is 1. The Morgan fingerprint density at radius 2 is 1.72 bits per heavy atom. The fourth-order valence-electron chi connectivity index (χ4n) is 1.65. The molecule has 0 aliphatic rings. The van der Waals surface area contributed by atoms with Crippen LogP contribution in [0, 0.1) is 5.82 Å². The minimum atomic E-state index is -1.03. The highest BCUT2D eigenvalue weighted by Crippen LogP contribution is 2.35. The summed E-state index contributed by atoms with van der Waals surface area (Å²) in [6.07, 6.45) is -1.03. The third-order valence-corrected chi connectivity index (χ3v) is 4.43. The molecule has 0 heterocycles. The molecule has 0 saturated heterocycles. The molecule has 2 aromatic rings. The third-order valence-electron chi connectivity index (χ3n) is 2.53. The molecule has 2 aromatic carbocycles. The third kappa shape index (κ3) is 2.85. The quantitative estimate of drug-likeness (QED) is 0.683. The standard InChI is InChI=1S/C13H8Br3FO/c14-7-4-5-9(15)8(6-7)13(18)12-10(16)2-1-3-11(12)17/h1-6,13,18H. The molecule has 1 N–H and O–H groups in total. The van der Waals surface area contributed by atoms with Gasteiger partial charge in [0.1, 0.15) is 11.9 Å². The summed E-state index contributed by atoms with van der Waals surface area (Å²) < 4.78 is 15.9. The van der Waals surface area contributed by atoms with Crippen LogP contribution in [0.1, 0.15) is 17.2 Å². The number of halogens is 4. The van der Waals surface area contributed by atoms with Crippen LogP contribution < -0.4 is 0 Å². The Morgan fingerprint density at radius 3 is 2.39 bits per heavy atom. The SMILES string of the molecule is OC(c1cc(Br)ccc1Br)c1c(F)cccc1Br. The van der Waals surface area contributed by atoms with Gasteiger partial charge in [-0.1, -0.05) is 53.9 Å². The molecular weight excluding hydrogens is 431 g/mol. The lowest BCUT2D eigenvalue weighted by atomic mass is 10.0. The van der Waals surface area contributed by atoms with Crippen molar-refractivity contribution in [1.29, 1.82) is 0 Å². The minimum Gasteiger partial charge on any atom is -0.383 e. The van der Waals surface area contributed by atoms with Crippen molar-refractivity contribution in [2.75, 3.05) is 0 Å². The van der Waals surface area contributed by atoms with Gasteiger partial charge < -0.3 is 5.11 Å². The van der Waals surface area contributed by atoms with Crippen molar-refractivity contribution in [3.05, 3.63) is 66.8 Å². The van der Waals surface area contributed by atoms with Crippen molar-refractivity contribution in [1.82, 2.24) is 0 Å². The van der Waals surface area contributed by atoms with Crippen molar-refractivity contribution in [3.63, 3.8) is 0 Å². The Kier molecular flexibility index (Phi) is 4.59. The molecule has 5 heteroatoms. The van der Waals surface area contributed by atoms with E-state index in [-0.39, 0.29) is 5.56 Å². The first-order valence-corrected chi connectivity index (χ1v) is 7.45. The summed E-state index contributed by atoms with van der Waals surface area (Å²) in [5, 5.41) is 10.3. The molecule has 18 heavy (non-hydrogen) atoms. The van der Waals surface area contributed by atoms with Crippen LogP contribution in [0.3, 0.4) is 0 Å². The van der Waals surface area contributed by atoms with Crippen LogP contribution in [0.25, 0.3) is 0 Å². The summed E-state index contributed by atoms with van der Waals surface area (Å²) in [7, 11) is 0. The maximum absolute atomic E-state index is 13.8. The van der Waals surface area contributed by atoms with Crippen molar-refractivity contribution in [2.24, 2.45) is 0 Å². The average Bonchev–Trinajstić information content (AvgIpc) is 2.32. The molecule has 1 nitrogen and oxygen atoms in total. The fourth-order valence-corrected chi connectivity index (χ4v) is 3.05. The highest BCUT2D eigenvalue weighted by molar-refractivity contribution is 9.11. The van der Waals surface area contributed by atoms with E-state index < -0.39 is 11.9 Å². The van der Waals surface area contributed by atoms with Gasteiger partial charge in [0.15, 0.2) is 0 Å². The predicted octanol–water partition coefficient (Wildman–Crippen LogP) is 5.19. The van der Waals surface area contributed by atoms with Gasteiger partial charge in [0.2, 0.25) is 0 Å². The summed E-state index contributed by atoms with van der Waals surface area (Å²) in [5.74, 6) is -0.441. The first-order valence-electron chi connectivity index (χ1n) is 5.07. The van der Waals surface area contributed by atoms with Crippen LogP contribution in [0.15, 0.2) is 49.8 Å². The first-order chi connectivity index (χ1) is 8.50. The molecule has 0 bridgehead atoms. The Balaban J connectivity index is 2.54. The van der Waals surface area contributed by atoms with Gasteiger partial charge in [0.25, 0.3) is 0 Å². The molecular formula is C13H8Br3FO. The van der Waals surface area contributed by atoms with E-state index in [1.54, 1.807) is 24.3 Å². The van der Waals surface area contributed by atoms with Crippen molar-refractivity contribution >= 4 is 47.8 Å². The number of hydrogen-bond acceptors (Lipinski definition) is 1. The highest BCUT2D eigenvalue weighted by Gasteiger charge is 2.20. The van der Waals surface area contributed by atoms with Crippen LogP contribution >= 0.6 is 47.8 Å². The van der Waals surface area contributed by atoms with Gasteiger partial charge in [-0.25, -0.2) is 4.39 Å². The van der Waals surface area contributed by atoms with Crippen molar-refractivity contribution < 1.29 is 9.50 Å². The average molecular weight is 439 g/mol. The molecule has 1 atom stereocenters. The maximum Gasteiger partial charge on any atom is 0.130 e. The Hall–Kier alpha value is -0.230. The largest absolute Gasteiger partial charge is 0.383 e. The second-order valence-corrected chi connectivity index (χ2v) is 6.33. The topological polar surface area (TPSA) is 20.2 Å². The van der Waals surface area contributed by atoms with Crippen molar-refractivity contribution in [3.8, 4) is 0 Å². The molecule has 0 aromatic heterocycles. The number of benzene rings is 2. The van der Waals surface area contributed by atoms with Gasteiger partial charge in [-0.2, -0.15) is 0 Å². The van der Waals surface area contributed by atoms with Crippen LogP contribution in [0.4, 0.5) is 4.39 Å². The molecule has 0 spiro atoms. The van der Waals surface area contributed by atoms with Crippen LogP contribution in [-0.4, -0.2) is 5.11 Å². The summed E-state index contributed by atoms with van der Waals surface area (Å²) in [4.78, 5) is 0. The number of rotatable bonds is 2. The molecule has 0 aliphatic carbocycles. The zero-order valence-corrected chi connectivity index (χ0v) is 13.8. The van der Waals surface area contributed by atoms with Gasteiger partial charge in [-0.05, 0) is 30.3 Å². The normalized spacial score (nSPS) is 12.5. The second-order valence-electron chi connectivity index (χ2n) is 3.70. The summed E-state index contributed by atoms with van der Waals surface area (Å²) in [6.45, 7) is 0. The number of aliphatic hydroxyl groups is 1. The molecule has 2 rings (SSSR count). The fraction of sp³-hybridized carbons (Fsp3) is 0.0769. The van der Waals surface area contributed by atoms with Crippen LogP contribution in [-0.2, 0) is 0 Å². The zero-order chi connectivity index (χ0) is 13.3. The zero-order valence-electron chi connectivity index (χ0n) is 9.00. The molecule has 0 radical (unpaired) electrons. The monoisotopic (exact) mass is 436 g/mol. The van der Waals surface area contributed by atoms with Gasteiger partial charge in [0, 0.05) is 24.5 Å². The lowest BCUT2D eigenvalue weighted by Crippen LogP contribution is -2.04. The van der Waals surface area contributed by atoms with Gasteiger partial charge >= 0.3 is 0 Å². The predicted molar refractivity (Wildman–Crippen MR) is 80.0 cm³/mol. The molecule has 0 aliphatic heterocycles. The summed E-state index contributed by atoms with van der Waals surface area (Å²) >= 11 is 9.96. The lowest BCUT2D eigenvalue weighted by Gasteiger charge is -2.16. The van der Waals surface area contributed by atoms with E-state index in [0.29, 0.717) is 10.0 Å². The van der Waals surface area contributed by atoms with E-state index in [9.17, 15) is 9.50 Å². The van der Waals surface area contributed by atoms with Gasteiger partial charge in [0.05, 0.1) is 0 Å². The Morgan fingerprint density at radius 1 is 1.00 bits per heavy atom. The molecule has 0 amide bonds. The summed E-state index contributed by atoms with van der Waals surface area (Å²) in [6, 6.07) is 10.0. The first kappa shape index (κ1) is 14.2. The summed E-state index contributed by atoms with van der Waals surface area (Å²) in [5.41, 5.74) is 0.839. The maximum atomic E-state index is 13.8. The van der Waals surface area contributed by atoms with E-state index in [1.165, 1.54) is 6.07 Å². The number of hydrogen-bond donors (Lipinski definition) is 1. The minimum absolute atomic E-state index is 0.233. The van der Waals surface area contributed by atoms with Gasteiger partial charge in [-0.15, -0.1) is 0 Å². The van der Waals surface area contributed by atoms with Crippen LogP contribution in [0.2, 0.25) is 0 Å². The molecule has 0 fully saturated rings. The molecule has 1 unspecified atom stereocenters. The van der Waals surface area contributed by atoms with E-state index in [0.717, 1.165) is 8.95 Å². The smallest absolute Gasteiger partial charge is 0.130 e. The van der Waals surface area contributed by atoms with E-state index >= 15 is 0 Å². The van der Waals surface area contributed by atoms with E-state index in [1.807, 2.05) is 6.07 Å². The van der Waals surface area contributed by atoms with E-state index in [4.69, 9.17) is 0 Å². The van der Waals surface area contributed by atoms with Gasteiger partial charge in [-0.3, -0.25) is 0 Å². The Bertz CT molecular complexity index is 566. The van der Waals surface area contributed by atoms with Crippen molar-refractivity contribution in [2.45, 2.75) is 6.10 Å². The Labute approximate surface area is 129 Å². The second kappa shape index (κ2) is 5.82. The molecule has 0 saturated carbocycles.